The maximum atomic E-state index is 11.9. The van der Waals surface area contributed by atoms with Gasteiger partial charge in [0.15, 0.2) is 0 Å². The van der Waals surface area contributed by atoms with Crippen LogP contribution in [-0.2, 0) is 4.74 Å². The van der Waals surface area contributed by atoms with Crippen LogP contribution < -0.4 is 10.2 Å². The average molecular weight is 347 g/mol. The van der Waals surface area contributed by atoms with Gasteiger partial charge in [-0.05, 0) is 33.3 Å². The second-order valence-corrected chi connectivity index (χ2v) is 7.10. The van der Waals surface area contributed by atoms with Gasteiger partial charge in [-0.2, -0.15) is 0 Å². The molecule has 134 valence electrons. The molecule has 1 aliphatic rings. The molecule has 1 aromatic carbocycles. The largest absolute Gasteiger partial charge is 0.444 e. The van der Waals surface area contributed by atoms with Crippen molar-refractivity contribution < 1.29 is 14.5 Å². The van der Waals surface area contributed by atoms with E-state index in [1.54, 1.807) is 6.07 Å². The molecule has 1 saturated heterocycles. The summed E-state index contributed by atoms with van der Waals surface area (Å²) < 4.78 is 5.27. The summed E-state index contributed by atoms with van der Waals surface area (Å²) >= 11 is 0. The van der Waals surface area contributed by atoms with E-state index in [0.717, 1.165) is 13.0 Å². The number of rotatable bonds is 3. The van der Waals surface area contributed by atoms with E-state index in [-0.39, 0.29) is 11.7 Å². The number of non-ortho nitro benzene ring substituents is 1. The molecule has 0 spiro atoms. The van der Waals surface area contributed by atoms with E-state index in [1.807, 2.05) is 25.7 Å². The van der Waals surface area contributed by atoms with Crippen molar-refractivity contribution in [1.82, 2.24) is 15.3 Å². The standard InChI is InChI=1S/C16H21N5O4/c1-16(2,3)25-15(22)17-10-6-7-20(9-10)14-18-12-5-4-11(21(23)24)8-13(12)19-14/h4-5,8,10H,6-7,9H2,1-3H3,(H,17,22)(H,18,19). The number of imidazole rings is 1. The maximum absolute atomic E-state index is 11.9. The van der Waals surface area contributed by atoms with Crippen molar-refractivity contribution in [3.63, 3.8) is 0 Å². The van der Waals surface area contributed by atoms with Gasteiger partial charge in [0, 0.05) is 25.2 Å². The predicted molar refractivity (Wildman–Crippen MR) is 92.7 cm³/mol. The first kappa shape index (κ1) is 17.0. The smallest absolute Gasteiger partial charge is 0.407 e. The van der Waals surface area contributed by atoms with Crippen LogP contribution in [0.1, 0.15) is 27.2 Å². The third-order valence-corrected chi connectivity index (χ3v) is 3.87. The quantitative estimate of drug-likeness (QED) is 0.651. The SMILES string of the molecule is CC(C)(C)OC(=O)NC1CCN(c2nc3ccc([N+](=O)[O-])cc3[nH]2)C1. The second-order valence-electron chi connectivity index (χ2n) is 7.10. The number of fused-ring (bicyclic) bond motifs is 1. The number of nitrogens with one attached hydrogen (secondary N) is 2. The first-order valence-corrected chi connectivity index (χ1v) is 8.10. The number of nitro benzene ring substituents is 1. The summed E-state index contributed by atoms with van der Waals surface area (Å²) in [6.07, 6.45) is 0.343. The zero-order chi connectivity index (χ0) is 18.2. The molecule has 1 aliphatic heterocycles. The highest BCUT2D eigenvalue weighted by Gasteiger charge is 2.27. The topological polar surface area (TPSA) is 113 Å². The Labute approximate surface area is 144 Å². The third kappa shape index (κ3) is 3.98. The number of benzene rings is 1. The van der Waals surface area contributed by atoms with Crippen LogP contribution in [0.5, 0.6) is 0 Å². The maximum Gasteiger partial charge on any atom is 0.407 e. The molecule has 0 aliphatic carbocycles. The number of carbonyl (C=O) groups excluding carboxylic acids is 1. The summed E-state index contributed by atoms with van der Waals surface area (Å²) in [6.45, 7) is 6.78. The van der Waals surface area contributed by atoms with Gasteiger partial charge in [0.1, 0.15) is 5.60 Å². The number of aromatic nitrogens is 2. The fourth-order valence-corrected chi connectivity index (χ4v) is 2.79. The molecule has 9 nitrogen and oxygen atoms in total. The van der Waals surface area contributed by atoms with E-state index in [4.69, 9.17) is 4.74 Å². The molecule has 1 atom stereocenters. The number of hydrogen-bond acceptors (Lipinski definition) is 6. The third-order valence-electron chi connectivity index (χ3n) is 3.87. The van der Waals surface area contributed by atoms with E-state index < -0.39 is 16.6 Å². The zero-order valence-corrected chi connectivity index (χ0v) is 14.4. The Morgan fingerprint density at radius 3 is 2.92 bits per heavy atom. The Hall–Kier alpha value is -2.84. The Morgan fingerprint density at radius 2 is 2.24 bits per heavy atom. The lowest BCUT2D eigenvalue weighted by Gasteiger charge is -2.22. The number of amides is 1. The first-order chi connectivity index (χ1) is 11.7. The lowest BCUT2D eigenvalue weighted by atomic mass is 10.2. The minimum atomic E-state index is -0.532. The fourth-order valence-electron chi connectivity index (χ4n) is 2.79. The monoisotopic (exact) mass is 347 g/mol. The number of nitrogens with zero attached hydrogens (tertiary/aromatic N) is 3. The number of carbonyl (C=O) groups is 1. The Kier molecular flexibility index (Phi) is 4.23. The summed E-state index contributed by atoms with van der Waals surface area (Å²) in [5.41, 5.74) is 0.779. The Morgan fingerprint density at radius 1 is 1.48 bits per heavy atom. The summed E-state index contributed by atoms with van der Waals surface area (Å²) in [5.74, 6) is 0.643. The predicted octanol–water partition coefficient (Wildman–Crippen LogP) is 2.57. The van der Waals surface area contributed by atoms with E-state index in [0.29, 0.717) is 23.5 Å². The van der Waals surface area contributed by atoms with Crippen molar-refractivity contribution in [3.8, 4) is 0 Å². The van der Waals surface area contributed by atoms with Crippen LogP contribution in [0.25, 0.3) is 11.0 Å². The molecular weight excluding hydrogens is 326 g/mol. The molecule has 25 heavy (non-hydrogen) atoms. The number of hydrogen-bond donors (Lipinski definition) is 2. The van der Waals surface area contributed by atoms with Crippen molar-refractivity contribution in [2.45, 2.75) is 38.8 Å². The number of alkyl carbamates (subject to hydrolysis) is 1. The van der Waals surface area contributed by atoms with Gasteiger partial charge in [-0.3, -0.25) is 10.1 Å². The van der Waals surface area contributed by atoms with E-state index in [2.05, 4.69) is 15.3 Å². The molecule has 0 bridgehead atoms. The Balaban J connectivity index is 1.66. The number of H-pyrrole nitrogens is 1. The van der Waals surface area contributed by atoms with Gasteiger partial charge in [-0.1, -0.05) is 0 Å². The average Bonchev–Trinajstić information content (AvgIpc) is 3.10. The molecule has 1 aromatic heterocycles. The molecule has 2 heterocycles. The van der Waals surface area contributed by atoms with Crippen molar-refractivity contribution in [3.05, 3.63) is 28.3 Å². The number of aromatic amines is 1. The fraction of sp³-hybridized carbons (Fsp3) is 0.500. The minimum absolute atomic E-state index is 0.0218. The molecule has 1 unspecified atom stereocenters. The lowest BCUT2D eigenvalue weighted by Crippen LogP contribution is -2.40. The molecule has 0 radical (unpaired) electrons. The van der Waals surface area contributed by atoms with Crippen molar-refractivity contribution in [2.24, 2.45) is 0 Å². The van der Waals surface area contributed by atoms with Gasteiger partial charge in [0.2, 0.25) is 5.95 Å². The van der Waals surface area contributed by atoms with E-state index in [1.165, 1.54) is 12.1 Å². The summed E-state index contributed by atoms with van der Waals surface area (Å²) in [4.78, 5) is 31.9. The van der Waals surface area contributed by atoms with Crippen LogP contribution >= 0.6 is 0 Å². The van der Waals surface area contributed by atoms with Gasteiger partial charge < -0.3 is 19.9 Å². The molecule has 2 aromatic rings. The van der Waals surface area contributed by atoms with Gasteiger partial charge >= 0.3 is 6.09 Å². The van der Waals surface area contributed by atoms with Gasteiger partial charge in [0.05, 0.1) is 22.0 Å². The van der Waals surface area contributed by atoms with Crippen LogP contribution in [0.15, 0.2) is 18.2 Å². The summed E-state index contributed by atoms with van der Waals surface area (Å²) in [5, 5.41) is 13.7. The molecular formula is C16H21N5O4. The molecule has 1 amide bonds. The highest BCUT2D eigenvalue weighted by Crippen LogP contribution is 2.24. The van der Waals surface area contributed by atoms with Crippen molar-refractivity contribution in [2.75, 3.05) is 18.0 Å². The van der Waals surface area contributed by atoms with Crippen LogP contribution in [-0.4, -0.2) is 45.7 Å². The van der Waals surface area contributed by atoms with Gasteiger partial charge in [-0.15, -0.1) is 0 Å². The molecule has 3 rings (SSSR count). The first-order valence-electron chi connectivity index (χ1n) is 8.10. The summed E-state index contributed by atoms with van der Waals surface area (Å²) in [7, 11) is 0. The van der Waals surface area contributed by atoms with Crippen LogP contribution in [0.2, 0.25) is 0 Å². The Bertz CT molecular complexity index is 810. The van der Waals surface area contributed by atoms with Crippen LogP contribution in [0.3, 0.4) is 0 Å². The van der Waals surface area contributed by atoms with Gasteiger partial charge in [0.25, 0.3) is 5.69 Å². The highest BCUT2D eigenvalue weighted by atomic mass is 16.6. The number of anilines is 1. The normalized spacial score (nSPS) is 17.7. The van der Waals surface area contributed by atoms with E-state index >= 15 is 0 Å². The van der Waals surface area contributed by atoms with Crippen molar-refractivity contribution >= 4 is 28.8 Å². The zero-order valence-electron chi connectivity index (χ0n) is 14.4. The highest BCUT2D eigenvalue weighted by molar-refractivity contribution is 5.80. The minimum Gasteiger partial charge on any atom is -0.444 e. The van der Waals surface area contributed by atoms with Crippen molar-refractivity contribution in [1.29, 1.82) is 0 Å². The number of ether oxygens (including phenoxy) is 1. The van der Waals surface area contributed by atoms with E-state index in [9.17, 15) is 14.9 Å². The molecule has 2 N–H and O–H groups in total. The lowest BCUT2D eigenvalue weighted by molar-refractivity contribution is -0.384. The summed E-state index contributed by atoms with van der Waals surface area (Å²) in [6, 6.07) is 4.50. The molecule has 1 fully saturated rings. The van der Waals surface area contributed by atoms with Crippen LogP contribution in [0, 0.1) is 10.1 Å². The van der Waals surface area contributed by atoms with Gasteiger partial charge in [-0.25, -0.2) is 9.78 Å². The number of nitro groups is 1. The second kappa shape index (κ2) is 6.23. The molecule has 0 saturated carbocycles. The van der Waals surface area contributed by atoms with Crippen LogP contribution in [0.4, 0.5) is 16.4 Å². The molecule has 9 heteroatoms.